The van der Waals surface area contributed by atoms with Crippen LogP contribution in [0.3, 0.4) is 0 Å². The summed E-state index contributed by atoms with van der Waals surface area (Å²) < 4.78 is 10.3. The summed E-state index contributed by atoms with van der Waals surface area (Å²) in [6.07, 6.45) is 0. The minimum Gasteiger partial charge on any atom is -0.453 e. The molecule has 0 saturated heterocycles. The lowest BCUT2D eigenvalue weighted by Crippen LogP contribution is -1.96. The molecule has 0 radical (unpaired) electrons. The van der Waals surface area contributed by atoms with Crippen LogP contribution in [-0.4, -0.2) is 12.6 Å². The lowest BCUT2D eigenvalue weighted by molar-refractivity contribution is 0.101. The fourth-order valence-corrected chi connectivity index (χ4v) is 1.44. The molecule has 0 N–H and O–H groups in total. The van der Waals surface area contributed by atoms with Crippen LogP contribution in [-0.2, 0) is 0 Å². The second kappa shape index (κ2) is 2.92. The fraction of sp³-hybridized carbons (Fsp3) is 0.222. The Bertz CT molecular complexity index is 373. The number of benzene rings is 1. The van der Waals surface area contributed by atoms with Gasteiger partial charge >= 0.3 is 0 Å². The van der Waals surface area contributed by atoms with Crippen LogP contribution in [0.1, 0.15) is 17.3 Å². The molecule has 0 saturated carbocycles. The van der Waals surface area contributed by atoms with E-state index in [-0.39, 0.29) is 12.6 Å². The van der Waals surface area contributed by atoms with E-state index in [1.54, 1.807) is 12.1 Å². The zero-order valence-corrected chi connectivity index (χ0v) is 7.72. The zero-order valence-electron chi connectivity index (χ0n) is 6.96. The lowest BCUT2D eigenvalue weighted by Gasteiger charge is -2.02. The van der Waals surface area contributed by atoms with Gasteiger partial charge in [-0.1, -0.05) is 11.6 Å². The average Bonchev–Trinajstić information content (AvgIpc) is 2.53. The predicted molar refractivity (Wildman–Crippen MR) is 47.6 cm³/mol. The molecule has 0 bridgehead atoms. The van der Waals surface area contributed by atoms with E-state index in [4.69, 9.17) is 21.1 Å². The number of hydrogen-bond acceptors (Lipinski definition) is 3. The Labute approximate surface area is 80.2 Å². The van der Waals surface area contributed by atoms with E-state index in [1.807, 2.05) is 0 Å². The number of carbonyl (C=O) groups is 1. The predicted octanol–water partition coefficient (Wildman–Crippen LogP) is 2.27. The summed E-state index contributed by atoms with van der Waals surface area (Å²) in [6.45, 7) is 1.60. The molecule has 0 amide bonds. The van der Waals surface area contributed by atoms with Crippen molar-refractivity contribution in [2.24, 2.45) is 0 Å². The highest BCUT2D eigenvalue weighted by molar-refractivity contribution is 6.32. The molecular weight excluding hydrogens is 192 g/mol. The molecule has 68 valence electrons. The molecule has 3 nitrogen and oxygen atoms in total. The van der Waals surface area contributed by atoms with Crippen molar-refractivity contribution in [2.45, 2.75) is 6.92 Å². The van der Waals surface area contributed by atoms with Crippen molar-refractivity contribution in [2.75, 3.05) is 6.79 Å². The molecule has 0 atom stereocenters. The highest BCUT2D eigenvalue weighted by Crippen LogP contribution is 2.41. The number of ether oxygens (including phenoxy) is 2. The van der Waals surface area contributed by atoms with Gasteiger partial charge in [0, 0.05) is 0 Å². The molecule has 0 unspecified atom stereocenters. The van der Waals surface area contributed by atoms with Gasteiger partial charge < -0.3 is 9.47 Å². The number of carbonyl (C=O) groups excluding carboxylic acids is 1. The van der Waals surface area contributed by atoms with Gasteiger partial charge in [-0.3, -0.25) is 4.79 Å². The maximum atomic E-state index is 11.1. The number of hydrogen-bond donors (Lipinski definition) is 0. The van der Waals surface area contributed by atoms with Gasteiger partial charge in [0.05, 0.1) is 10.6 Å². The van der Waals surface area contributed by atoms with E-state index in [1.165, 1.54) is 6.92 Å². The Morgan fingerprint density at radius 2 is 2.08 bits per heavy atom. The lowest BCUT2D eigenvalue weighted by atomic mass is 10.1. The van der Waals surface area contributed by atoms with Gasteiger partial charge in [0.1, 0.15) is 0 Å². The second-order valence-corrected chi connectivity index (χ2v) is 3.12. The highest BCUT2D eigenvalue weighted by atomic mass is 35.5. The third-order valence-corrected chi connectivity index (χ3v) is 2.15. The van der Waals surface area contributed by atoms with Crippen molar-refractivity contribution in [1.29, 1.82) is 0 Å². The van der Waals surface area contributed by atoms with Crippen molar-refractivity contribution in [3.63, 3.8) is 0 Å². The molecule has 0 fully saturated rings. The number of halogens is 1. The van der Waals surface area contributed by atoms with Gasteiger partial charge in [-0.05, 0) is 19.1 Å². The van der Waals surface area contributed by atoms with E-state index in [9.17, 15) is 4.79 Å². The average molecular weight is 199 g/mol. The summed E-state index contributed by atoms with van der Waals surface area (Å²) in [5.41, 5.74) is 0.511. The maximum Gasteiger partial charge on any atom is 0.231 e. The van der Waals surface area contributed by atoms with Crippen LogP contribution in [0.2, 0.25) is 5.02 Å². The minimum absolute atomic E-state index is 0.0570. The van der Waals surface area contributed by atoms with Crippen molar-refractivity contribution < 1.29 is 14.3 Å². The van der Waals surface area contributed by atoms with E-state index in [0.29, 0.717) is 22.1 Å². The van der Waals surface area contributed by atoms with Crippen LogP contribution < -0.4 is 9.47 Å². The molecule has 2 rings (SSSR count). The Hall–Kier alpha value is -1.22. The van der Waals surface area contributed by atoms with E-state index in [0.717, 1.165) is 0 Å². The SMILES string of the molecule is CC(=O)c1ccc(Cl)c2c1OCO2. The molecule has 1 aliphatic heterocycles. The third kappa shape index (κ3) is 1.25. The Kier molecular flexibility index (Phi) is 1.88. The first-order valence-electron chi connectivity index (χ1n) is 3.79. The summed E-state index contributed by atoms with van der Waals surface area (Å²) in [7, 11) is 0. The molecule has 1 heterocycles. The first kappa shape index (κ1) is 8.38. The summed E-state index contributed by atoms with van der Waals surface area (Å²) in [6, 6.07) is 3.27. The maximum absolute atomic E-state index is 11.1. The third-order valence-electron chi connectivity index (χ3n) is 1.85. The standard InChI is InChI=1S/C9H7ClO3/c1-5(11)6-2-3-7(10)9-8(6)12-4-13-9/h2-3H,4H2,1H3. The highest BCUT2D eigenvalue weighted by Gasteiger charge is 2.22. The molecule has 1 aliphatic rings. The summed E-state index contributed by atoms with van der Waals surface area (Å²) in [5, 5.41) is 0.470. The Morgan fingerprint density at radius 1 is 1.38 bits per heavy atom. The summed E-state index contributed by atoms with van der Waals surface area (Å²) in [4.78, 5) is 11.1. The molecule has 0 aliphatic carbocycles. The Morgan fingerprint density at radius 3 is 2.77 bits per heavy atom. The molecule has 1 aromatic carbocycles. The van der Waals surface area contributed by atoms with Crippen LogP contribution in [0, 0.1) is 0 Å². The number of ketones is 1. The number of Topliss-reactive ketones (excluding diaryl/α,β-unsaturated/α-hetero) is 1. The largest absolute Gasteiger partial charge is 0.453 e. The van der Waals surface area contributed by atoms with Crippen LogP contribution in [0.25, 0.3) is 0 Å². The minimum atomic E-state index is -0.0570. The van der Waals surface area contributed by atoms with Gasteiger partial charge in [-0.25, -0.2) is 0 Å². The van der Waals surface area contributed by atoms with E-state index in [2.05, 4.69) is 0 Å². The first-order valence-corrected chi connectivity index (χ1v) is 4.17. The Balaban J connectivity index is 2.62. The van der Waals surface area contributed by atoms with Gasteiger partial charge in [-0.15, -0.1) is 0 Å². The van der Waals surface area contributed by atoms with Crippen molar-refractivity contribution in [3.05, 3.63) is 22.7 Å². The molecule has 4 heteroatoms. The van der Waals surface area contributed by atoms with Gasteiger partial charge in [-0.2, -0.15) is 0 Å². The molecule has 0 aromatic heterocycles. The molecule has 1 aromatic rings. The normalized spacial score (nSPS) is 13.1. The topological polar surface area (TPSA) is 35.5 Å². The monoisotopic (exact) mass is 198 g/mol. The first-order chi connectivity index (χ1) is 6.20. The van der Waals surface area contributed by atoms with Gasteiger partial charge in [0.2, 0.25) is 6.79 Å². The quantitative estimate of drug-likeness (QED) is 0.650. The summed E-state index contributed by atoms with van der Waals surface area (Å²) in [5.74, 6) is 0.868. The van der Waals surface area contributed by atoms with Crippen LogP contribution in [0.15, 0.2) is 12.1 Å². The van der Waals surface area contributed by atoms with Gasteiger partial charge in [0.15, 0.2) is 17.3 Å². The fourth-order valence-electron chi connectivity index (χ4n) is 1.24. The van der Waals surface area contributed by atoms with Crippen LogP contribution >= 0.6 is 11.6 Å². The van der Waals surface area contributed by atoms with Crippen LogP contribution in [0.5, 0.6) is 11.5 Å². The zero-order chi connectivity index (χ0) is 9.42. The number of fused-ring (bicyclic) bond motifs is 1. The van der Waals surface area contributed by atoms with Crippen LogP contribution in [0.4, 0.5) is 0 Å². The van der Waals surface area contributed by atoms with Crippen molar-refractivity contribution >= 4 is 17.4 Å². The van der Waals surface area contributed by atoms with Gasteiger partial charge in [0.25, 0.3) is 0 Å². The summed E-state index contributed by atoms with van der Waals surface area (Å²) >= 11 is 5.83. The molecule has 13 heavy (non-hydrogen) atoms. The molecular formula is C9H7ClO3. The smallest absolute Gasteiger partial charge is 0.231 e. The molecule has 0 spiro atoms. The number of rotatable bonds is 1. The second-order valence-electron chi connectivity index (χ2n) is 2.72. The van der Waals surface area contributed by atoms with E-state index >= 15 is 0 Å². The van der Waals surface area contributed by atoms with Crippen molar-refractivity contribution in [3.8, 4) is 11.5 Å². The van der Waals surface area contributed by atoms with E-state index < -0.39 is 0 Å². The van der Waals surface area contributed by atoms with Crippen molar-refractivity contribution in [1.82, 2.24) is 0 Å².